The first kappa shape index (κ1) is 11.8. The molecule has 1 aromatic carbocycles. The lowest BCUT2D eigenvalue weighted by atomic mass is 10.3. The van der Waals surface area contributed by atoms with Crippen LogP contribution >= 0.6 is 11.3 Å². The van der Waals surface area contributed by atoms with Crippen LogP contribution in [0.5, 0.6) is 0 Å². The molecule has 0 saturated heterocycles. The first-order valence-corrected chi connectivity index (χ1v) is 7.49. The van der Waals surface area contributed by atoms with E-state index in [2.05, 4.69) is 11.8 Å². The third kappa shape index (κ3) is 2.43. The second-order valence-electron chi connectivity index (χ2n) is 5.11. The summed E-state index contributed by atoms with van der Waals surface area (Å²) in [5.41, 5.74) is 7.72. The van der Waals surface area contributed by atoms with Gasteiger partial charge in [-0.05, 0) is 43.4 Å². The van der Waals surface area contributed by atoms with E-state index in [-0.39, 0.29) is 0 Å². The van der Waals surface area contributed by atoms with Gasteiger partial charge in [0.2, 0.25) is 0 Å². The molecule has 2 aromatic rings. The molecule has 18 heavy (non-hydrogen) atoms. The van der Waals surface area contributed by atoms with Gasteiger partial charge < -0.3 is 10.6 Å². The number of nitrogens with two attached hydrogens (primary N) is 1. The third-order valence-corrected chi connectivity index (χ3v) is 4.42. The van der Waals surface area contributed by atoms with Crippen LogP contribution in [0.3, 0.4) is 0 Å². The van der Waals surface area contributed by atoms with E-state index < -0.39 is 0 Å². The molecule has 1 aliphatic rings. The van der Waals surface area contributed by atoms with Crippen LogP contribution in [-0.4, -0.2) is 18.1 Å². The fourth-order valence-corrected chi connectivity index (χ4v) is 3.26. The Morgan fingerprint density at radius 2 is 2.28 bits per heavy atom. The molecule has 1 heterocycles. The predicted molar refractivity (Wildman–Crippen MR) is 79.3 cm³/mol. The topological polar surface area (TPSA) is 42.2 Å². The lowest BCUT2D eigenvalue weighted by Gasteiger charge is -2.20. The van der Waals surface area contributed by atoms with E-state index in [0.29, 0.717) is 0 Å². The van der Waals surface area contributed by atoms with Crippen LogP contribution in [0.1, 0.15) is 26.2 Å². The van der Waals surface area contributed by atoms with Gasteiger partial charge in [0.15, 0.2) is 5.13 Å². The van der Waals surface area contributed by atoms with Crippen LogP contribution in [0.2, 0.25) is 0 Å². The monoisotopic (exact) mass is 261 g/mol. The van der Waals surface area contributed by atoms with E-state index in [0.717, 1.165) is 28.8 Å². The number of nitrogens with zero attached hydrogens (tertiary/aromatic N) is 2. The summed E-state index contributed by atoms with van der Waals surface area (Å²) in [7, 11) is 0. The zero-order chi connectivity index (χ0) is 12.5. The normalized spacial score (nSPS) is 15.2. The van der Waals surface area contributed by atoms with Crippen molar-refractivity contribution >= 4 is 32.4 Å². The average molecular weight is 261 g/mol. The number of hydrogen-bond donors (Lipinski definition) is 1. The standard InChI is InChI=1S/C14H19N3S/c1-2-7-17(9-10-3-4-10)14-16-12-6-5-11(15)8-13(12)18-14/h5-6,8,10H,2-4,7,9,15H2,1H3. The van der Waals surface area contributed by atoms with Crippen LogP contribution in [-0.2, 0) is 0 Å². The van der Waals surface area contributed by atoms with E-state index in [1.165, 1.54) is 30.5 Å². The number of nitrogen functional groups attached to an aromatic ring is 1. The van der Waals surface area contributed by atoms with Crippen LogP contribution in [0.15, 0.2) is 18.2 Å². The number of hydrogen-bond acceptors (Lipinski definition) is 4. The van der Waals surface area contributed by atoms with E-state index in [9.17, 15) is 0 Å². The summed E-state index contributed by atoms with van der Waals surface area (Å²) in [6.45, 7) is 4.50. The molecular weight excluding hydrogens is 242 g/mol. The van der Waals surface area contributed by atoms with Crippen molar-refractivity contribution in [2.45, 2.75) is 26.2 Å². The smallest absolute Gasteiger partial charge is 0.186 e. The lowest BCUT2D eigenvalue weighted by Crippen LogP contribution is -2.26. The zero-order valence-electron chi connectivity index (χ0n) is 10.7. The molecule has 2 N–H and O–H groups in total. The maximum absolute atomic E-state index is 5.82. The van der Waals surface area contributed by atoms with E-state index in [1.54, 1.807) is 11.3 Å². The van der Waals surface area contributed by atoms with Gasteiger partial charge in [-0.15, -0.1) is 0 Å². The fourth-order valence-electron chi connectivity index (χ4n) is 2.21. The molecule has 1 aliphatic carbocycles. The second-order valence-corrected chi connectivity index (χ2v) is 6.12. The SMILES string of the molecule is CCCN(CC1CC1)c1nc2ccc(N)cc2s1. The summed E-state index contributed by atoms with van der Waals surface area (Å²) in [6.07, 6.45) is 3.95. The fraction of sp³-hybridized carbons (Fsp3) is 0.500. The van der Waals surface area contributed by atoms with Gasteiger partial charge in [-0.2, -0.15) is 0 Å². The van der Waals surface area contributed by atoms with Crippen LogP contribution in [0.25, 0.3) is 10.2 Å². The van der Waals surface area contributed by atoms with Crippen molar-refractivity contribution in [3.05, 3.63) is 18.2 Å². The highest BCUT2D eigenvalue weighted by Gasteiger charge is 2.25. The van der Waals surface area contributed by atoms with Crippen LogP contribution in [0, 0.1) is 5.92 Å². The highest BCUT2D eigenvalue weighted by molar-refractivity contribution is 7.22. The Bertz CT molecular complexity index is 545. The van der Waals surface area contributed by atoms with E-state index in [4.69, 9.17) is 10.7 Å². The lowest BCUT2D eigenvalue weighted by molar-refractivity contribution is 0.706. The highest BCUT2D eigenvalue weighted by Crippen LogP contribution is 2.35. The molecule has 3 rings (SSSR count). The number of rotatable bonds is 5. The molecular formula is C14H19N3S. The summed E-state index contributed by atoms with van der Waals surface area (Å²) in [6, 6.07) is 5.97. The van der Waals surface area contributed by atoms with Crippen LogP contribution < -0.4 is 10.6 Å². The quantitative estimate of drug-likeness (QED) is 0.838. The molecule has 1 saturated carbocycles. The Morgan fingerprint density at radius 1 is 1.44 bits per heavy atom. The van der Waals surface area contributed by atoms with Crippen molar-refractivity contribution in [2.24, 2.45) is 5.92 Å². The predicted octanol–water partition coefficient (Wildman–Crippen LogP) is 3.50. The maximum atomic E-state index is 5.82. The summed E-state index contributed by atoms with van der Waals surface area (Å²) in [5, 5.41) is 1.16. The van der Waals surface area contributed by atoms with Gasteiger partial charge in [0, 0.05) is 18.8 Å². The Morgan fingerprint density at radius 3 is 3.00 bits per heavy atom. The number of anilines is 2. The van der Waals surface area contributed by atoms with E-state index in [1.807, 2.05) is 18.2 Å². The van der Waals surface area contributed by atoms with E-state index >= 15 is 0 Å². The summed E-state index contributed by atoms with van der Waals surface area (Å²) >= 11 is 1.76. The molecule has 0 radical (unpaired) electrons. The largest absolute Gasteiger partial charge is 0.399 e. The molecule has 0 bridgehead atoms. The molecule has 3 nitrogen and oxygen atoms in total. The van der Waals surface area contributed by atoms with Crippen molar-refractivity contribution in [1.29, 1.82) is 0 Å². The Labute approximate surface area is 112 Å². The van der Waals surface area contributed by atoms with Gasteiger partial charge in [-0.25, -0.2) is 4.98 Å². The van der Waals surface area contributed by atoms with Crippen molar-refractivity contribution in [2.75, 3.05) is 23.7 Å². The molecule has 1 aromatic heterocycles. The van der Waals surface area contributed by atoms with Gasteiger partial charge in [-0.1, -0.05) is 18.3 Å². The second kappa shape index (κ2) is 4.76. The first-order valence-electron chi connectivity index (χ1n) is 6.67. The van der Waals surface area contributed by atoms with Crippen molar-refractivity contribution in [3.63, 3.8) is 0 Å². The number of benzene rings is 1. The molecule has 4 heteroatoms. The minimum absolute atomic E-state index is 0.821. The molecule has 0 unspecified atom stereocenters. The van der Waals surface area contributed by atoms with Crippen molar-refractivity contribution in [3.8, 4) is 0 Å². The minimum Gasteiger partial charge on any atom is -0.399 e. The number of thiazole rings is 1. The van der Waals surface area contributed by atoms with Crippen molar-refractivity contribution < 1.29 is 0 Å². The molecule has 96 valence electrons. The zero-order valence-corrected chi connectivity index (χ0v) is 11.5. The van der Waals surface area contributed by atoms with Gasteiger partial charge >= 0.3 is 0 Å². The first-order chi connectivity index (χ1) is 8.76. The Kier molecular flexibility index (Phi) is 3.12. The van der Waals surface area contributed by atoms with Gasteiger partial charge in [0.1, 0.15) is 0 Å². The summed E-state index contributed by atoms with van der Waals surface area (Å²) < 4.78 is 1.20. The van der Waals surface area contributed by atoms with Gasteiger partial charge in [0.25, 0.3) is 0 Å². The third-order valence-electron chi connectivity index (χ3n) is 3.34. The average Bonchev–Trinajstić information content (AvgIpc) is 3.06. The Hall–Kier alpha value is -1.29. The molecule has 0 aliphatic heterocycles. The molecule has 1 fully saturated rings. The maximum Gasteiger partial charge on any atom is 0.186 e. The van der Waals surface area contributed by atoms with Crippen molar-refractivity contribution in [1.82, 2.24) is 4.98 Å². The number of fused-ring (bicyclic) bond motifs is 1. The summed E-state index contributed by atoms with van der Waals surface area (Å²) in [4.78, 5) is 7.19. The summed E-state index contributed by atoms with van der Waals surface area (Å²) in [5.74, 6) is 0.897. The number of aromatic nitrogens is 1. The molecule has 0 amide bonds. The van der Waals surface area contributed by atoms with Crippen LogP contribution in [0.4, 0.5) is 10.8 Å². The van der Waals surface area contributed by atoms with Gasteiger partial charge in [-0.3, -0.25) is 0 Å². The molecule has 0 atom stereocenters. The minimum atomic E-state index is 0.821. The molecule has 0 spiro atoms. The highest BCUT2D eigenvalue weighted by atomic mass is 32.1. The van der Waals surface area contributed by atoms with Gasteiger partial charge in [0.05, 0.1) is 10.2 Å². The Balaban J connectivity index is 1.89.